The lowest BCUT2D eigenvalue weighted by Gasteiger charge is -2.45. The second-order valence-electron chi connectivity index (χ2n) is 5.78. The van der Waals surface area contributed by atoms with Crippen LogP contribution in [-0.2, 0) is 4.79 Å². The molecule has 0 saturated carbocycles. The first-order valence-corrected chi connectivity index (χ1v) is 8.15. The molecule has 1 atom stereocenters. The summed E-state index contributed by atoms with van der Waals surface area (Å²) in [6, 6.07) is -1.09. The van der Waals surface area contributed by atoms with E-state index >= 15 is 0 Å². The molecule has 7 heteroatoms. The van der Waals surface area contributed by atoms with Crippen LogP contribution in [0.3, 0.4) is 0 Å². The van der Waals surface area contributed by atoms with Crippen LogP contribution in [0.4, 0.5) is 4.79 Å². The number of carbonyl (C=O) groups excluding carboxylic acids is 1. The van der Waals surface area contributed by atoms with Crippen LogP contribution in [0.5, 0.6) is 0 Å². The number of hydrogen-bond acceptors (Lipinski definition) is 4. The van der Waals surface area contributed by atoms with Crippen LogP contribution in [0.2, 0.25) is 0 Å². The summed E-state index contributed by atoms with van der Waals surface area (Å²) in [5.74, 6) is -0.258. The number of hydrogen-bond donors (Lipinski definition) is 2. The van der Waals surface area contributed by atoms with Crippen molar-refractivity contribution < 1.29 is 14.7 Å². The SMILES string of the molecule is CSCC[C@H](NC(=O)N1CCN(C)C(C)(C)C1)C(=O)O. The number of nitrogens with zero attached hydrogens (tertiary/aromatic N) is 2. The molecule has 1 aliphatic heterocycles. The molecule has 1 heterocycles. The minimum atomic E-state index is -0.971. The first kappa shape index (κ1) is 17.1. The molecule has 1 fully saturated rings. The maximum Gasteiger partial charge on any atom is 0.326 e. The molecule has 1 saturated heterocycles. The Morgan fingerprint density at radius 1 is 1.40 bits per heavy atom. The second-order valence-corrected chi connectivity index (χ2v) is 6.76. The number of urea groups is 1. The van der Waals surface area contributed by atoms with Gasteiger partial charge in [0.25, 0.3) is 0 Å². The van der Waals surface area contributed by atoms with Crippen LogP contribution < -0.4 is 5.32 Å². The first-order valence-electron chi connectivity index (χ1n) is 6.76. The van der Waals surface area contributed by atoms with Gasteiger partial charge in [-0.1, -0.05) is 0 Å². The van der Waals surface area contributed by atoms with Crippen molar-refractivity contribution in [3.63, 3.8) is 0 Å². The molecular weight excluding hydrogens is 278 g/mol. The van der Waals surface area contributed by atoms with E-state index in [-0.39, 0.29) is 11.6 Å². The van der Waals surface area contributed by atoms with E-state index in [0.29, 0.717) is 25.3 Å². The minimum absolute atomic E-state index is 0.0897. The summed E-state index contributed by atoms with van der Waals surface area (Å²) in [4.78, 5) is 27.3. The van der Waals surface area contributed by atoms with Gasteiger partial charge in [-0.25, -0.2) is 9.59 Å². The van der Waals surface area contributed by atoms with Crippen LogP contribution in [-0.4, -0.2) is 77.2 Å². The van der Waals surface area contributed by atoms with E-state index < -0.39 is 12.0 Å². The van der Waals surface area contributed by atoms with Gasteiger partial charge in [-0.15, -0.1) is 0 Å². The van der Waals surface area contributed by atoms with E-state index in [4.69, 9.17) is 5.11 Å². The van der Waals surface area contributed by atoms with Gasteiger partial charge in [0.1, 0.15) is 6.04 Å². The molecule has 20 heavy (non-hydrogen) atoms. The molecule has 0 aromatic rings. The van der Waals surface area contributed by atoms with Gasteiger partial charge in [-0.05, 0) is 39.3 Å². The quantitative estimate of drug-likeness (QED) is 0.790. The number of carbonyl (C=O) groups is 2. The van der Waals surface area contributed by atoms with E-state index in [1.165, 1.54) is 0 Å². The molecule has 0 aromatic carbocycles. The molecule has 0 unspecified atom stereocenters. The highest BCUT2D eigenvalue weighted by Gasteiger charge is 2.34. The number of piperazine rings is 1. The smallest absolute Gasteiger partial charge is 0.326 e. The lowest BCUT2D eigenvalue weighted by Crippen LogP contribution is -2.61. The number of carboxylic acid groups (broad SMARTS) is 1. The predicted molar refractivity (Wildman–Crippen MR) is 81.2 cm³/mol. The first-order chi connectivity index (χ1) is 9.27. The van der Waals surface area contributed by atoms with Gasteiger partial charge in [0.2, 0.25) is 0 Å². The summed E-state index contributed by atoms with van der Waals surface area (Å²) in [5, 5.41) is 11.8. The Bertz CT molecular complexity index is 363. The molecule has 0 aromatic heterocycles. The zero-order chi connectivity index (χ0) is 15.3. The van der Waals surface area contributed by atoms with Crippen LogP contribution in [0.1, 0.15) is 20.3 Å². The third-order valence-electron chi connectivity index (χ3n) is 3.81. The highest BCUT2D eigenvalue weighted by Crippen LogP contribution is 2.18. The zero-order valence-electron chi connectivity index (χ0n) is 12.7. The summed E-state index contributed by atoms with van der Waals surface area (Å²) in [6.45, 7) is 6.18. The maximum atomic E-state index is 12.2. The fourth-order valence-corrected chi connectivity index (χ4v) is 2.62. The van der Waals surface area contributed by atoms with Gasteiger partial charge in [-0.2, -0.15) is 11.8 Å². The molecule has 0 radical (unpaired) electrons. The molecule has 1 rings (SSSR count). The average molecular weight is 303 g/mol. The maximum absolute atomic E-state index is 12.2. The van der Waals surface area contributed by atoms with E-state index in [2.05, 4.69) is 24.1 Å². The van der Waals surface area contributed by atoms with Crippen LogP contribution in [0.25, 0.3) is 0 Å². The highest BCUT2D eigenvalue weighted by atomic mass is 32.2. The Balaban J connectivity index is 2.58. The zero-order valence-corrected chi connectivity index (χ0v) is 13.5. The number of carboxylic acids is 1. The number of likely N-dealkylation sites (N-methyl/N-ethyl adjacent to an activating group) is 1. The Labute approximate surface area is 124 Å². The molecule has 0 spiro atoms. The predicted octanol–water partition coefficient (Wildman–Crippen LogP) is 0.928. The molecular formula is C13H25N3O3S. The van der Waals surface area contributed by atoms with Crippen molar-refractivity contribution in [1.82, 2.24) is 15.1 Å². The third-order valence-corrected chi connectivity index (χ3v) is 4.45. The molecule has 6 nitrogen and oxygen atoms in total. The van der Waals surface area contributed by atoms with Crippen molar-refractivity contribution in [2.75, 3.05) is 38.7 Å². The average Bonchev–Trinajstić information content (AvgIpc) is 2.37. The Morgan fingerprint density at radius 2 is 2.05 bits per heavy atom. The fraction of sp³-hybridized carbons (Fsp3) is 0.846. The Kier molecular flexibility index (Phi) is 6.13. The molecule has 1 aliphatic rings. The van der Waals surface area contributed by atoms with E-state index in [1.807, 2.05) is 13.3 Å². The van der Waals surface area contributed by atoms with Crippen molar-refractivity contribution in [3.8, 4) is 0 Å². The largest absolute Gasteiger partial charge is 0.480 e. The van der Waals surface area contributed by atoms with E-state index in [1.54, 1.807) is 16.7 Å². The van der Waals surface area contributed by atoms with Crippen molar-refractivity contribution in [3.05, 3.63) is 0 Å². The van der Waals surface area contributed by atoms with Gasteiger partial charge in [0.15, 0.2) is 0 Å². The topological polar surface area (TPSA) is 72.9 Å². The van der Waals surface area contributed by atoms with Crippen LogP contribution >= 0.6 is 11.8 Å². The summed E-state index contributed by atoms with van der Waals surface area (Å²) in [7, 11) is 2.04. The van der Waals surface area contributed by atoms with E-state index in [0.717, 1.165) is 6.54 Å². The number of rotatable bonds is 5. The van der Waals surface area contributed by atoms with Crippen LogP contribution in [0, 0.1) is 0 Å². The van der Waals surface area contributed by atoms with Gasteiger partial charge in [0, 0.05) is 25.2 Å². The van der Waals surface area contributed by atoms with Crippen molar-refractivity contribution >= 4 is 23.8 Å². The molecule has 0 bridgehead atoms. The Hall–Kier alpha value is -0.950. The number of amides is 2. The lowest BCUT2D eigenvalue weighted by atomic mass is 10.00. The third kappa shape index (κ3) is 4.56. The summed E-state index contributed by atoms with van der Waals surface area (Å²) < 4.78 is 0. The van der Waals surface area contributed by atoms with Crippen molar-refractivity contribution in [1.29, 1.82) is 0 Å². The summed E-state index contributed by atoms with van der Waals surface area (Å²) >= 11 is 1.58. The number of aliphatic carboxylic acids is 1. The van der Waals surface area contributed by atoms with Gasteiger partial charge in [-0.3, -0.25) is 4.90 Å². The van der Waals surface area contributed by atoms with Crippen LogP contribution in [0.15, 0.2) is 0 Å². The van der Waals surface area contributed by atoms with Gasteiger partial charge >= 0.3 is 12.0 Å². The Morgan fingerprint density at radius 3 is 2.55 bits per heavy atom. The standard InChI is InChI=1S/C13H25N3O3S/c1-13(2)9-16(7-6-15(13)3)12(19)14-10(11(17)18)5-8-20-4/h10H,5-9H2,1-4H3,(H,14,19)(H,17,18)/t10-/m0/s1. The molecule has 116 valence electrons. The monoisotopic (exact) mass is 303 g/mol. The molecule has 0 aliphatic carbocycles. The fourth-order valence-electron chi connectivity index (χ4n) is 2.15. The normalized spacial score (nSPS) is 20.5. The van der Waals surface area contributed by atoms with Crippen molar-refractivity contribution in [2.45, 2.75) is 31.8 Å². The molecule has 2 N–H and O–H groups in total. The summed E-state index contributed by atoms with van der Waals surface area (Å²) in [5.41, 5.74) is -0.0897. The van der Waals surface area contributed by atoms with Gasteiger partial charge in [0.05, 0.1) is 0 Å². The lowest BCUT2D eigenvalue weighted by molar-refractivity contribution is -0.139. The highest BCUT2D eigenvalue weighted by molar-refractivity contribution is 7.98. The number of nitrogens with one attached hydrogen (secondary N) is 1. The minimum Gasteiger partial charge on any atom is -0.480 e. The molecule has 2 amide bonds. The van der Waals surface area contributed by atoms with Crippen molar-refractivity contribution in [2.24, 2.45) is 0 Å². The van der Waals surface area contributed by atoms with E-state index in [9.17, 15) is 9.59 Å². The summed E-state index contributed by atoms with van der Waals surface area (Å²) in [6.07, 6.45) is 2.36. The number of thioether (sulfide) groups is 1. The second kappa shape index (κ2) is 7.17. The van der Waals surface area contributed by atoms with Gasteiger partial charge < -0.3 is 15.3 Å².